The molecule has 2 rings (SSSR count). The minimum absolute atomic E-state index is 0.964. The molecule has 9 heavy (non-hydrogen) atoms. The number of hydrogen-bond donors (Lipinski definition) is 0. The van der Waals surface area contributed by atoms with Crippen LogP contribution in [0.2, 0.25) is 0 Å². The summed E-state index contributed by atoms with van der Waals surface area (Å²) in [7, 11) is 0. The maximum Gasteiger partial charge on any atom is 0.145 e. The van der Waals surface area contributed by atoms with Gasteiger partial charge < -0.3 is 0 Å². The molecule has 1 radical (unpaired) electrons. The molecule has 47 valence electrons. The van der Waals surface area contributed by atoms with Crippen molar-refractivity contribution in [2.75, 3.05) is 6.54 Å². The molecule has 1 aromatic heterocycles. The largest absolute Gasteiger partial charge is 0.267 e. The van der Waals surface area contributed by atoms with Crippen molar-refractivity contribution in [2.24, 2.45) is 0 Å². The Morgan fingerprint density at radius 1 is 1.56 bits per heavy atom. The molecule has 0 bridgehead atoms. The summed E-state index contributed by atoms with van der Waals surface area (Å²) in [6, 6.07) is 1.94. The number of fused-ring (bicyclic) bond motifs is 1. The van der Waals surface area contributed by atoms with Gasteiger partial charge in [-0.25, -0.2) is 4.68 Å². The molecule has 0 aromatic carbocycles. The third-order valence-corrected chi connectivity index (χ3v) is 1.50. The van der Waals surface area contributed by atoms with E-state index in [1.807, 2.05) is 10.7 Å². The molecule has 0 spiro atoms. The Kier molecular flexibility index (Phi) is 0.946. The molecule has 3 heteroatoms. The van der Waals surface area contributed by atoms with E-state index >= 15 is 0 Å². The topological polar surface area (TPSA) is 31.9 Å². The normalized spacial score (nSPS) is 16.4. The fourth-order valence-electron chi connectivity index (χ4n) is 1.05. The summed E-state index contributed by atoms with van der Waals surface area (Å²) < 4.78 is 1.93. The SMILES string of the molecule is c1cc2n(n1)CCC[N]2. The number of aryl methyl sites for hydroxylation is 1. The molecular weight excluding hydrogens is 114 g/mol. The number of rotatable bonds is 0. The average molecular weight is 122 g/mol. The van der Waals surface area contributed by atoms with E-state index in [0.717, 1.165) is 25.3 Å². The van der Waals surface area contributed by atoms with Gasteiger partial charge in [0.1, 0.15) is 5.82 Å². The smallest absolute Gasteiger partial charge is 0.145 e. The number of hydrogen-bond acceptors (Lipinski definition) is 1. The zero-order chi connectivity index (χ0) is 6.10. The molecule has 0 aliphatic carbocycles. The lowest BCUT2D eigenvalue weighted by atomic mass is 10.3. The van der Waals surface area contributed by atoms with Gasteiger partial charge in [-0.1, -0.05) is 0 Å². The van der Waals surface area contributed by atoms with Gasteiger partial charge in [0, 0.05) is 19.2 Å². The molecule has 1 aliphatic heterocycles. The minimum atomic E-state index is 0.964. The second-order valence-electron chi connectivity index (χ2n) is 2.15. The van der Waals surface area contributed by atoms with Crippen LogP contribution in [0.15, 0.2) is 12.3 Å². The predicted octanol–water partition coefficient (Wildman–Crippen LogP) is 0.523. The average Bonchev–Trinajstić information content (AvgIpc) is 2.33. The molecule has 0 amide bonds. The highest BCUT2D eigenvalue weighted by Gasteiger charge is 2.06. The van der Waals surface area contributed by atoms with Crippen molar-refractivity contribution < 1.29 is 0 Å². The highest BCUT2D eigenvalue weighted by atomic mass is 15.3. The first-order chi connectivity index (χ1) is 4.47. The monoisotopic (exact) mass is 122 g/mol. The van der Waals surface area contributed by atoms with Crippen molar-refractivity contribution in [3.63, 3.8) is 0 Å². The molecule has 1 aliphatic rings. The Morgan fingerprint density at radius 2 is 2.56 bits per heavy atom. The van der Waals surface area contributed by atoms with Crippen molar-refractivity contribution in [1.82, 2.24) is 15.1 Å². The molecule has 3 nitrogen and oxygen atoms in total. The molecule has 2 heterocycles. The van der Waals surface area contributed by atoms with Crippen LogP contribution in [0.5, 0.6) is 0 Å². The Bertz CT molecular complexity index is 183. The van der Waals surface area contributed by atoms with Gasteiger partial charge in [-0.15, -0.1) is 0 Å². The molecule has 0 atom stereocenters. The van der Waals surface area contributed by atoms with Gasteiger partial charge >= 0.3 is 0 Å². The quantitative estimate of drug-likeness (QED) is 0.493. The second-order valence-corrected chi connectivity index (χ2v) is 2.15. The van der Waals surface area contributed by atoms with Gasteiger partial charge in [-0.3, -0.25) is 5.32 Å². The van der Waals surface area contributed by atoms with Gasteiger partial charge in [-0.05, 0) is 6.42 Å². The van der Waals surface area contributed by atoms with Crippen molar-refractivity contribution in [3.8, 4) is 0 Å². The summed E-state index contributed by atoms with van der Waals surface area (Å²) in [4.78, 5) is 0. The van der Waals surface area contributed by atoms with E-state index in [1.54, 1.807) is 6.20 Å². The van der Waals surface area contributed by atoms with Crippen molar-refractivity contribution >= 4 is 5.82 Å². The zero-order valence-corrected chi connectivity index (χ0v) is 5.12. The van der Waals surface area contributed by atoms with Crippen molar-refractivity contribution in [1.29, 1.82) is 0 Å². The second kappa shape index (κ2) is 1.76. The summed E-state index contributed by atoms with van der Waals surface area (Å²) >= 11 is 0. The maximum atomic E-state index is 4.25. The highest BCUT2D eigenvalue weighted by Crippen LogP contribution is 2.10. The first kappa shape index (κ1) is 4.85. The van der Waals surface area contributed by atoms with Crippen molar-refractivity contribution in [2.45, 2.75) is 13.0 Å². The summed E-state index contributed by atoms with van der Waals surface area (Å²) in [5.74, 6) is 1.03. The van der Waals surface area contributed by atoms with E-state index in [1.165, 1.54) is 0 Å². The number of nitrogens with zero attached hydrogens (tertiary/aromatic N) is 3. The predicted molar refractivity (Wildman–Crippen MR) is 33.5 cm³/mol. The summed E-state index contributed by atoms with van der Waals surface area (Å²) in [6.07, 6.45) is 2.93. The Labute approximate surface area is 53.7 Å². The molecular formula is C6H8N3. The first-order valence-corrected chi connectivity index (χ1v) is 3.16. The van der Waals surface area contributed by atoms with E-state index in [4.69, 9.17) is 0 Å². The molecule has 0 saturated heterocycles. The van der Waals surface area contributed by atoms with Gasteiger partial charge in [0.25, 0.3) is 0 Å². The van der Waals surface area contributed by atoms with Gasteiger partial charge in [0.2, 0.25) is 0 Å². The third-order valence-electron chi connectivity index (χ3n) is 1.50. The van der Waals surface area contributed by atoms with E-state index in [0.29, 0.717) is 0 Å². The van der Waals surface area contributed by atoms with E-state index < -0.39 is 0 Å². The van der Waals surface area contributed by atoms with Crippen LogP contribution in [0.4, 0.5) is 5.82 Å². The van der Waals surface area contributed by atoms with Crippen LogP contribution in [0.1, 0.15) is 6.42 Å². The van der Waals surface area contributed by atoms with Gasteiger partial charge in [0.15, 0.2) is 0 Å². The van der Waals surface area contributed by atoms with Crippen LogP contribution < -0.4 is 5.32 Å². The van der Waals surface area contributed by atoms with Crippen LogP contribution in [0.3, 0.4) is 0 Å². The summed E-state index contributed by atoms with van der Waals surface area (Å²) in [5, 5.41) is 8.33. The van der Waals surface area contributed by atoms with Crippen LogP contribution in [-0.2, 0) is 6.54 Å². The number of aromatic nitrogens is 2. The van der Waals surface area contributed by atoms with Crippen LogP contribution in [0.25, 0.3) is 0 Å². The lowest BCUT2D eigenvalue weighted by Crippen LogP contribution is -2.16. The van der Waals surface area contributed by atoms with E-state index in [2.05, 4.69) is 10.4 Å². The van der Waals surface area contributed by atoms with E-state index in [-0.39, 0.29) is 0 Å². The Morgan fingerprint density at radius 3 is 3.44 bits per heavy atom. The van der Waals surface area contributed by atoms with Crippen LogP contribution >= 0.6 is 0 Å². The lowest BCUT2D eigenvalue weighted by Gasteiger charge is -2.11. The molecule has 0 N–H and O–H groups in total. The van der Waals surface area contributed by atoms with Gasteiger partial charge in [0.05, 0.1) is 6.20 Å². The van der Waals surface area contributed by atoms with Crippen LogP contribution in [0, 0.1) is 0 Å². The summed E-state index contributed by atoms with van der Waals surface area (Å²) in [5.41, 5.74) is 0. The molecule has 0 saturated carbocycles. The first-order valence-electron chi connectivity index (χ1n) is 3.16. The fraction of sp³-hybridized carbons (Fsp3) is 0.500. The minimum Gasteiger partial charge on any atom is -0.267 e. The molecule has 0 fully saturated rings. The summed E-state index contributed by atoms with van der Waals surface area (Å²) in [6.45, 7) is 2.00. The molecule has 0 unspecified atom stereocenters. The third kappa shape index (κ3) is 0.686. The maximum absolute atomic E-state index is 4.25. The van der Waals surface area contributed by atoms with Crippen molar-refractivity contribution in [3.05, 3.63) is 12.3 Å². The van der Waals surface area contributed by atoms with Crippen LogP contribution in [-0.4, -0.2) is 16.3 Å². The lowest BCUT2D eigenvalue weighted by molar-refractivity contribution is 0.510. The van der Waals surface area contributed by atoms with Gasteiger partial charge in [-0.2, -0.15) is 5.10 Å². The van der Waals surface area contributed by atoms with E-state index in [9.17, 15) is 0 Å². The fourth-order valence-corrected chi connectivity index (χ4v) is 1.05. The Balaban J connectivity index is 2.39. The zero-order valence-electron chi connectivity index (χ0n) is 5.12. The highest BCUT2D eigenvalue weighted by molar-refractivity contribution is 5.24. The molecule has 1 aromatic rings. The Hall–Kier alpha value is -0.990. The standard InChI is InChI=1S/C6H8N3/c1-3-7-6-2-4-8-9(6)5-1/h2,4H,1,3,5H2.